The molecular formula is C18H23F3N4O5S2. The average molecular weight is 497 g/mol. The van der Waals surface area contributed by atoms with Crippen LogP contribution in [-0.4, -0.2) is 63.1 Å². The molecule has 1 unspecified atom stereocenters. The molecule has 1 aliphatic heterocycles. The van der Waals surface area contributed by atoms with Crippen LogP contribution in [0.4, 0.5) is 18.2 Å². The summed E-state index contributed by atoms with van der Waals surface area (Å²) >= 11 is 1.25. The predicted molar refractivity (Wildman–Crippen MR) is 112 cm³/mol. The molecule has 1 aromatic rings. The first-order chi connectivity index (χ1) is 14.8. The number of primary amides is 1. The van der Waals surface area contributed by atoms with Gasteiger partial charge in [-0.2, -0.15) is 26.7 Å². The van der Waals surface area contributed by atoms with Crippen LogP contribution in [0.1, 0.15) is 40.1 Å². The van der Waals surface area contributed by atoms with E-state index in [0.29, 0.717) is 11.4 Å². The molecule has 0 saturated carbocycles. The normalized spacial score (nSPS) is 18.9. The second-order valence-corrected chi connectivity index (χ2v) is 10.4. The van der Waals surface area contributed by atoms with E-state index in [1.807, 2.05) is 0 Å². The molecule has 0 radical (unpaired) electrons. The molecule has 0 saturated heterocycles. The van der Waals surface area contributed by atoms with Crippen molar-refractivity contribution in [3.8, 4) is 0 Å². The van der Waals surface area contributed by atoms with Crippen molar-refractivity contribution in [3.63, 3.8) is 0 Å². The zero-order chi connectivity index (χ0) is 23.7. The average Bonchev–Trinajstić information content (AvgIpc) is 3.21. The molecule has 1 aromatic heterocycles. The summed E-state index contributed by atoms with van der Waals surface area (Å²) in [6.45, 7) is -1.12. The van der Waals surface area contributed by atoms with Crippen molar-refractivity contribution in [2.45, 2.75) is 38.3 Å². The van der Waals surface area contributed by atoms with Crippen molar-refractivity contribution in [2.75, 3.05) is 31.3 Å². The van der Waals surface area contributed by atoms with E-state index in [1.165, 1.54) is 11.3 Å². The zero-order valence-corrected chi connectivity index (χ0v) is 18.8. The molecule has 2 amide bonds. The summed E-state index contributed by atoms with van der Waals surface area (Å²) in [5, 5.41) is 7.39. The molecule has 0 fully saturated rings. The van der Waals surface area contributed by atoms with Crippen LogP contribution in [0, 0.1) is 5.92 Å². The van der Waals surface area contributed by atoms with Crippen LogP contribution in [-0.2, 0) is 31.9 Å². The summed E-state index contributed by atoms with van der Waals surface area (Å²) in [5.41, 5.74) is 5.48. The fraction of sp³-hybridized carbons (Fsp3) is 0.611. The van der Waals surface area contributed by atoms with Gasteiger partial charge in [-0.05, 0) is 37.7 Å². The number of nitrogens with zero attached hydrogens (tertiary/aromatic N) is 2. The van der Waals surface area contributed by atoms with E-state index in [9.17, 15) is 31.2 Å². The van der Waals surface area contributed by atoms with E-state index in [-0.39, 0.29) is 18.5 Å². The summed E-state index contributed by atoms with van der Waals surface area (Å²) in [6.07, 6.45) is -0.822. The van der Waals surface area contributed by atoms with E-state index in [0.717, 1.165) is 41.0 Å². The van der Waals surface area contributed by atoms with Crippen molar-refractivity contribution in [1.29, 1.82) is 0 Å². The molecule has 0 bridgehead atoms. The second kappa shape index (κ2) is 9.35. The smallest absolute Gasteiger partial charge is 0.365 e. The third kappa shape index (κ3) is 5.98. The van der Waals surface area contributed by atoms with Gasteiger partial charge in [0.15, 0.2) is 0 Å². The Balaban J connectivity index is 1.68. The number of hydrogen-bond acceptors (Lipinski definition) is 8. The van der Waals surface area contributed by atoms with Crippen LogP contribution in [0.15, 0.2) is 5.10 Å². The first-order valence-corrected chi connectivity index (χ1v) is 12.5. The molecule has 14 heteroatoms. The first-order valence-electron chi connectivity index (χ1n) is 9.84. The van der Waals surface area contributed by atoms with Gasteiger partial charge in [0.2, 0.25) is 5.91 Å². The fourth-order valence-electron chi connectivity index (χ4n) is 3.82. The maximum Gasteiger partial charge on any atom is 0.431 e. The highest BCUT2D eigenvalue weighted by atomic mass is 32.2. The topological polar surface area (TPSA) is 131 Å². The summed E-state index contributed by atoms with van der Waals surface area (Å²) in [5.74, 6) is -2.44. The Morgan fingerprint density at radius 1 is 1.31 bits per heavy atom. The number of anilines is 1. The minimum absolute atomic E-state index is 0.223. The quantitative estimate of drug-likeness (QED) is 0.529. The number of fused-ring (bicyclic) bond motifs is 1. The Morgan fingerprint density at radius 3 is 2.62 bits per heavy atom. The number of nitrogens with two attached hydrogens (primary N) is 1. The Labute approximate surface area is 186 Å². The van der Waals surface area contributed by atoms with Crippen molar-refractivity contribution >= 4 is 44.0 Å². The highest BCUT2D eigenvalue weighted by Crippen LogP contribution is 2.38. The van der Waals surface area contributed by atoms with Crippen LogP contribution < -0.4 is 11.1 Å². The number of nitrogens with one attached hydrogen (secondary N) is 1. The van der Waals surface area contributed by atoms with Gasteiger partial charge < -0.3 is 11.1 Å². The molecule has 32 heavy (non-hydrogen) atoms. The number of alkyl halides is 3. The number of amides is 2. The van der Waals surface area contributed by atoms with Crippen LogP contribution in [0.2, 0.25) is 0 Å². The molecule has 3 N–H and O–H groups in total. The van der Waals surface area contributed by atoms with Crippen molar-refractivity contribution < 1.29 is 35.4 Å². The van der Waals surface area contributed by atoms with E-state index < -0.39 is 52.9 Å². The molecule has 0 aromatic carbocycles. The Hall–Kier alpha value is -2.19. The lowest BCUT2D eigenvalue weighted by atomic mass is 9.95. The number of hydrogen-bond donors (Lipinski definition) is 2. The third-order valence-electron chi connectivity index (χ3n) is 5.12. The molecule has 0 spiro atoms. The molecule has 1 aliphatic carbocycles. The van der Waals surface area contributed by atoms with Gasteiger partial charge in [0.25, 0.3) is 16.0 Å². The van der Waals surface area contributed by atoms with Gasteiger partial charge in [0.05, 0.1) is 18.4 Å². The van der Waals surface area contributed by atoms with Gasteiger partial charge in [0, 0.05) is 17.3 Å². The Morgan fingerprint density at radius 2 is 2.00 bits per heavy atom. The van der Waals surface area contributed by atoms with E-state index in [1.54, 1.807) is 0 Å². The lowest BCUT2D eigenvalue weighted by Crippen LogP contribution is -2.32. The van der Waals surface area contributed by atoms with E-state index in [4.69, 9.17) is 5.73 Å². The highest BCUT2D eigenvalue weighted by Gasteiger charge is 2.45. The molecule has 2 heterocycles. The molecule has 2 aliphatic rings. The largest absolute Gasteiger partial charge is 0.431 e. The number of carbonyl (C=O) groups is 2. The Kier molecular flexibility index (Phi) is 7.15. The number of carbonyl (C=O) groups excluding carboxylic acids is 2. The molecule has 178 valence electrons. The van der Waals surface area contributed by atoms with Gasteiger partial charge in [-0.1, -0.05) is 0 Å². The SMILES string of the molecule is CS(=O)(=O)OCCC1CN(CC(=O)Nc2sc3c(c2C(N)=O)CCCC3)N=C1C(F)(F)F. The standard InChI is InChI=1S/C18H23F3N4O5S2/c1-32(28,29)30-7-6-10-8-25(24-15(10)18(19,20)21)9-13(26)23-17-14(16(22)27)11-4-2-3-5-12(11)31-17/h10H,2-9H2,1H3,(H2,22,27)(H,23,26). The maximum atomic E-state index is 13.3. The van der Waals surface area contributed by atoms with Gasteiger partial charge >= 0.3 is 6.18 Å². The number of thiophene rings is 1. The first kappa shape index (κ1) is 24.5. The van der Waals surface area contributed by atoms with Crippen LogP contribution in [0.25, 0.3) is 0 Å². The van der Waals surface area contributed by atoms with Gasteiger partial charge in [-0.15, -0.1) is 11.3 Å². The van der Waals surface area contributed by atoms with Gasteiger partial charge in [0.1, 0.15) is 17.3 Å². The maximum absolute atomic E-state index is 13.3. The monoisotopic (exact) mass is 496 g/mol. The zero-order valence-electron chi connectivity index (χ0n) is 17.2. The summed E-state index contributed by atoms with van der Waals surface area (Å²) < 4.78 is 66.6. The summed E-state index contributed by atoms with van der Waals surface area (Å²) in [6, 6.07) is 0. The van der Waals surface area contributed by atoms with Crippen LogP contribution in [0.5, 0.6) is 0 Å². The second-order valence-electron chi connectivity index (χ2n) is 7.67. The van der Waals surface area contributed by atoms with Gasteiger partial charge in [-0.25, -0.2) is 0 Å². The molecular weight excluding hydrogens is 473 g/mol. The van der Waals surface area contributed by atoms with E-state index in [2.05, 4.69) is 14.6 Å². The predicted octanol–water partition coefficient (Wildman–Crippen LogP) is 1.88. The lowest BCUT2D eigenvalue weighted by Gasteiger charge is -2.16. The molecule has 9 nitrogen and oxygen atoms in total. The minimum Gasteiger partial charge on any atom is -0.365 e. The number of hydrazone groups is 1. The van der Waals surface area contributed by atoms with Crippen LogP contribution >= 0.6 is 11.3 Å². The molecule has 3 rings (SSSR count). The third-order valence-corrected chi connectivity index (χ3v) is 6.92. The lowest BCUT2D eigenvalue weighted by molar-refractivity contribution is -0.117. The fourth-order valence-corrected chi connectivity index (χ4v) is 5.53. The number of rotatable bonds is 8. The minimum atomic E-state index is -4.73. The van der Waals surface area contributed by atoms with Crippen molar-refractivity contribution in [3.05, 3.63) is 16.0 Å². The van der Waals surface area contributed by atoms with Crippen molar-refractivity contribution in [1.82, 2.24) is 5.01 Å². The number of aryl methyl sites for hydroxylation is 1. The summed E-state index contributed by atoms with van der Waals surface area (Å²) in [7, 11) is -3.78. The number of halogens is 3. The molecule has 1 atom stereocenters. The van der Waals surface area contributed by atoms with Crippen LogP contribution in [0.3, 0.4) is 0 Å². The van der Waals surface area contributed by atoms with E-state index >= 15 is 0 Å². The van der Waals surface area contributed by atoms with Crippen molar-refractivity contribution in [2.24, 2.45) is 16.8 Å². The Bertz CT molecular complexity index is 1040. The summed E-state index contributed by atoms with van der Waals surface area (Å²) in [4.78, 5) is 25.4. The van der Waals surface area contributed by atoms with Gasteiger partial charge in [-0.3, -0.25) is 18.8 Å². The highest BCUT2D eigenvalue weighted by molar-refractivity contribution is 7.85.